The highest BCUT2D eigenvalue weighted by molar-refractivity contribution is 6.30. The summed E-state index contributed by atoms with van der Waals surface area (Å²) in [6.45, 7) is 1.89. The van der Waals surface area contributed by atoms with E-state index >= 15 is 0 Å². The van der Waals surface area contributed by atoms with E-state index in [1.165, 1.54) is 0 Å². The minimum Gasteiger partial charge on any atom is -0.368 e. The van der Waals surface area contributed by atoms with Crippen molar-refractivity contribution in [1.29, 1.82) is 0 Å². The van der Waals surface area contributed by atoms with Gasteiger partial charge in [-0.3, -0.25) is 9.59 Å². The second-order valence-electron chi connectivity index (χ2n) is 9.92. The summed E-state index contributed by atoms with van der Waals surface area (Å²) in [6, 6.07) is 0. The van der Waals surface area contributed by atoms with Crippen molar-refractivity contribution in [3.8, 4) is 0 Å². The van der Waals surface area contributed by atoms with Crippen LogP contribution in [0.15, 0.2) is 0 Å². The molecule has 5 fully saturated rings. The summed E-state index contributed by atoms with van der Waals surface area (Å²) in [5, 5.41) is 9.90. The second-order valence-corrected chi connectivity index (χ2v) is 11.0. The molecule has 3 N–H and O–H groups in total. The Labute approximate surface area is 189 Å². The average molecular weight is 460 g/mol. The first-order valence-electron chi connectivity index (χ1n) is 11.6. The van der Waals surface area contributed by atoms with Crippen LogP contribution in [-0.4, -0.2) is 59.4 Å². The van der Waals surface area contributed by atoms with Crippen molar-refractivity contribution in [2.24, 2.45) is 5.92 Å². The number of piperidine rings is 1. The fourth-order valence-electron chi connectivity index (χ4n) is 5.72. The zero-order chi connectivity index (χ0) is 21.2. The molecular weight excluding hydrogens is 425 g/mol. The molecule has 0 aromatic heterocycles. The fraction of sp³-hybridized carbons (Fsp3) is 0.909. The van der Waals surface area contributed by atoms with E-state index in [1.54, 1.807) is 0 Å². The molecule has 4 aliphatic carbocycles. The first kappa shape index (κ1) is 22.6. The van der Waals surface area contributed by atoms with Gasteiger partial charge < -0.3 is 20.7 Å². The Balaban J connectivity index is 1.22. The molecule has 1 aliphatic heterocycles. The highest BCUT2D eigenvalue weighted by Gasteiger charge is 2.50. The van der Waals surface area contributed by atoms with Gasteiger partial charge in [0.05, 0.1) is 22.8 Å². The van der Waals surface area contributed by atoms with Gasteiger partial charge in [-0.1, -0.05) is 0 Å². The van der Waals surface area contributed by atoms with Crippen molar-refractivity contribution in [3.05, 3.63) is 0 Å². The number of rotatable bonds is 6. The third kappa shape index (κ3) is 5.25. The lowest BCUT2D eigenvalue weighted by molar-refractivity contribution is -0.134. The average Bonchev–Trinajstić information content (AvgIpc) is 2.76. The van der Waals surface area contributed by atoms with Crippen LogP contribution in [-0.2, 0) is 14.3 Å². The van der Waals surface area contributed by atoms with E-state index in [0.717, 1.165) is 77.3 Å². The molecule has 1 saturated heterocycles. The number of fused-ring (bicyclic) bond motifs is 3. The van der Waals surface area contributed by atoms with Crippen molar-refractivity contribution in [2.75, 3.05) is 19.7 Å². The molecule has 4 atom stereocenters. The number of carbonyl (C=O) groups is 2. The molecule has 0 aromatic rings. The smallest absolute Gasteiger partial charge is 0.246 e. The Hall–Kier alpha value is -0.560. The molecule has 6 nitrogen and oxygen atoms in total. The predicted octanol–water partition coefficient (Wildman–Crippen LogP) is 2.85. The van der Waals surface area contributed by atoms with E-state index in [1.807, 2.05) is 0 Å². The van der Waals surface area contributed by atoms with E-state index in [4.69, 9.17) is 27.9 Å². The molecule has 0 aromatic carbocycles. The largest absolute Gasteiger partial charge is 0.368 e. The standard InChI is InChI=1S/C22H35Cl2N3O3/c23-17-4-3-16(12-18(17)24)30-14-19(28)26-21-5-8-22(9-6-21,10-7-21)27-20(29)15-2-1-11-25-13-15/h15-18,25H,1-14H2,(H,26,28)(H,27,29). The lowest BCUT2D eigenvalue weighted by Crippen LogP contribution is -2.64. The summed E-state index contributed by atoms with van der Waals surface area (Å²) in [5.41, 5.74) is -0.213. The van der Waals surface area contributed by atoms with Crippen LogP contribution >= 0.6 is 23.2 Å². The van der Waals surface area contributed by atoms with Crippen molar-refractivity contribution < 1.29 is 14.3 Å². The van der Waals surface area contributed by atoms with Crippen LogP contribution in [0.4, 0.5) is 0 Å². The van der Waals surface area contributed by atoms with Crippen LogP contribution in [0.1, 0.15) is 70.6 Å². The molecule has 8 heteroatoms. The van der Waals surface area contributed by atoms with Gasteiger partial charge in [-0.05, 0) is 77.2 Å². The van der Waals surface area contributed by atoms with Gasteiger partial charge in [-0.15, -0.1) is 23.2 Å². The molecule has 2 amide bonds. The SMILES string of the molecule is O=C(COC1CCC(Cl)C(Cl)C1)NC12CCC(NC(=O)C3CCCNC3)(CC1)CC2. The molecule has 5 aliphatic rings. The molecular formula is C22H35Cl2N3O3. The van der Waals surface area contributed by atoms with Crippen LogP contribution in [0.2, 0.25) is 0 Å². The zero-order valence-corrected chi connectivity index (χ0v) is 19.2. The predicted molar refractivity (Wildman–Crippen MR) is 118 cm³/mol. The van der Waals surface area contributed by atoms with E-state index in [2.05, 4.69) is 16.0 Å². The molecule has 30 heavy (non-hydrogen) atoms. The van der Waals surface area contributed by atoms with Crippen molar-refractivity contribution >= 4 is 35.0 Å². The highest BCUT2D eigenvalue weighted by atomic mass is 35.5. The number of ether oxygens (including phenoxy) is 1. The quantitative estimate of drug-likeness (QED) is 0.533. The summed E-state index contributed by atoms with van der Waals surface area (Å²) in [7, 11) is 0. The Morgan fingerprint density at radius 2 is 1.60 bits per heavy atom. The van der Waals surface area contributed by atoms with Gasteiger partial charge in [-0.2, -0.15) is 0 Å². The van der Waals surface area contributed by atoms with E-state index < -0.39 is 0 Å². The molecule has 0 radical (unpaired) electrons. The lowest BCUT2D eigenvalue weighted by atomic mass is 9.61. The van der Waals surface area contributed by atoms with Gasteiger partial charge in [-0.25, -0.2) is 0 Å². The first-order valence-corrected chi connectivity index (χ1v) is 12.5. The van der Waals surface area contributed by atoms with Gasteiger partial charge in [0, 0.05) is 17.6 Å². The van der Waals surface area contributed by atoms with Crippen LogP contribution in [0, 0.1) is 5.92 Å². The maximum atomic E-state index is 12.7. The minimum atomic E-state index is -0.137. The third-order valence-electron chi connectivity index (χ3n) is 7.80. The second kappa shape index (κ2) is 9.51. The van der Waals surface area contributed by atoms with Crippen molar-refractivity contribution in [3.63, 3.8) is 0 Å². The lowest BCUT2D eigenvalue weighted by Gasteiger charge is -2.54. The summed E-state index contributed by atoms with van der Waals surface area (Å²) in [5.74, 6) is 0.263. The molecule has 4 unspecified atom stereocenters. The minimum absolute atomic E-state index is 0.00107. The Kier molecular flexibility index (Phi) is 7.18. The number of nitrogens with one attached hydrogen (secondary N) is 3. The van der Waals surface area contributed by atoms with Gasteiger partial charge in [0.25, 0.3) is 0 Å². The van der Waals surface area contributed by atoms with Gasteiger partial charge in [0.1, 0.15) is 6.61 Å². The Morgan fingerprint density at radius 3 is 2.20 bits per heavy atom. The molecule has 1 heterocycles. The van der Waals surface area contributed by atoms with Gasteiger partial charge in [0.15, 0.2) is 0 Å². The number of hydrogen-bond donors (Lipinski definition) is 3. The van der Waals surface area contributed by atoms with Gasteiger partial charge >= 0.3 is 0 Å². The number of amides is 2. The van der Waals surface area contributed by atoms with Crippen LogP contribution < -0.4 is 16.0 Å². The van der Waals surface area contributed by atoms with Crippen molar-refractivity contribution in [1.82, 2.24) is 16.0 Å². The summed E-state index contributed by atoms with van der Waals surface area (Å²) in [6.07, 6.45) is 10.0. The molecule has 2 bridgehead atoms. The number of carbonyl (C=O) groups excluding carboxylic acids is 2. The highest BCUT2D eigenvalue weighted by Crippen LogP contribution is 2.47. The maximum Gasteiger partial charge on any atom is 0.246 e. The molecule has 5 rings (SSSR count). The number of halogens is 2. The van der Waals surface area contributed by atoms with E-state index in [9.17, 15) is 9.59 Å². The summed E-state index contributed by atoms with van der Waals surface area (Å²) < 4.78 is 5.83. The molecule has 170 valence electrons. The number of hydrogen-bond acceptors (Lipinski definition) is 4. The fourth-order valence-corrected chi connectivity index (χ4v) is 6.27. The molecule has 4 saturated carbocycles. The van der Waals surface area contributed by atoms with Crippen molar-refractivity contribution in [2.45, 2.75) is 98.6 Å². The van der Waals surface area contributed by atoms with Gasteiger partial charge in [0.2, 0.25) is 11.8 Å². The van der Waals surface area contributed by atoms with Crippen LogP contribution in [0.25, 0.3) is 0 Å². The maximum absolute atomic E-state index is 12.7. The van der Waals surface area contributed by atoms with Crippen LogP contribution in [0.5, 0.6) is 0 Å². The number of alkyl halides is 2. The third-order valence-corrected chi connectivity index (χ3v) is 8.94. The molecule has 0 spiro atoms. The normalized spacial score (nSPS) is 41.3. The monoisotopic (exact) mass is 459 g/mol. The zero-order valence-electron chi connectivity index (χ0n) is 17.7. The first-order chi connectivity index (χ1) is 14.4. The Morgan fingerprint density at radius 1 is 0.933 bits per heavy atom. The summed E-state index contributed by atoms with van der Waals surface area (Å²) >= 11 is 12.4. The van der Waals surface area contributed by atoms with E-state index in [0.29, 0.717) is 6.42 Å². The Bertz CT molecular complexity index is 617. The van der Waals surface area contributed by atoms with E-state index in [-0.39, 0.29) is 52.3 Å². The summed E-state index contributed by atoms with van der Waals surface area (Å²) in [4.78, 5) is 25.3. The topological polar surface area (TPSA) is 79.5 Å². The van der Waals surface area contributed by atoms with Crippen LogP contribution in [0.3, 0.4) is 0 Å².